The van der Waals surface area contributed by atoms with Crippen LogP contribution in [0.4, 0.5) is 5.69 Å². The van der Waals surface area contributed by atoms with Gasteiger partial charge < -0.3 is 25.8 Å². The molecule has 7 nitrogen and oxygen atoms in total. The summed E-state index contributed by atoms with van der Waals surface area (Å²) in [5, 5.41) is 29.1. The molecule has 1 aromatic rings. The summed E-state index contributed by atoms with van der Waals surface area (Å²) in [6.07, 6.45) is -1.91. The molecule has 1 unspecified atom stereocenters. The van der Waals surface area contributed by atoms with E-state index >= 15 is 0 Å². The Bertz CT molecular complexity index is 498. The molecule has 0 aliphatic carbocycles. The zero-order valence-corrected chi connectivity index (χ0v) is 9.85. The molecule has 0 bridgehead atoms. The van der Waals surface area contributed by atoms with Crippen LogP contribution in [-0.4, -0.2) is 44.3 Å². The largest absolute Gasteiger partial charge is 0.399 e. The predicted molar refractivity (Wildman–Crippen MR) is 62.7 cm³/mol. The Hall–Kier alpha value is -1.41. The van der Waals surface area contributed by atoms with Gasteiger partial charge in [0.15, 0.2) is 6.23 Å². The number of nitrogens with two attached hydrogens (primary N) is 1. The monoisotopic (exact) mass is 256 g/mol. The van der Waals surface area contributed by atoms with Crippen LogP contribution in [0.1, 0.15) is 13.2 Å². The van der Waals surface area contributed by atoms with Gasteiger partial charge in [0.05, 0.1) is 6.61 Å². The number of rotatable bonds is 2. The SMILES string of the molecule is CC1(O)[C@@H](O)[C@@H](CO)O[C@H]1n1ccc(N)cc1=O. The Labute approximate surface area is 103 Å². The maximum absolute atomic E-state index is 11.8. The van der Waals surface area contributed by atoms with E-state index in [0.717, 1.165) is 4.57 Å². The lowest BCUT2D eigenvalue weighted by Crippen LogP contribution is -2.45. The van der Waals surface area contributed by atoms with Gasteiger partial charge in [-0.1, -0.05) is 0 Å². The highest BCUT2D eigenvalue weighted by Gasteiger charge is 2.52. The predicted octanol–water partition coefficient (Wildman–Crippen LogP) is -1.57. The first kappa shape index (κ1) is 13.0. The average molecular weight is 256 g/mol. The molecule has 0 amide bonds. The second-order valence-corrected chi connectivity index (χ2v) is 4.59. The first-order valence-electron chi connectivity index (χ1n) is 5.52. The molecule has 1 aliphatic rings. The fourth-order valence-corrected chi connectivity index (χ4v) is 2.09. The second-order valence-electron chi connectivity index (χ2n) is 4.59. The Kier molecular flexibility index (Phi) is 3.16. The molecule has 1 aliphatic heterocycles. The molecule has 1 fully saturated rings. The minimum absolute atomic E-state index is 0.299. The molecule has 2 heterocycles. The van der Waals surface area contributed by atoms with E-state index in [1.807, 2.05) is 0 Å². The number of ether oxygens (including phenoxy) is 1. The van der Waals surface area contributed by atoms with Gasteiger partial charge >= 0.3 is 0 Å². The molecular weight excluding hydrogens is 240 g/mol. The fourth-order valence-electron chi connectivity index (χ4n) is 2.09. The van der Waals surface area contributed by atoms with Crippen molar-refractivity contribution in [3.05, 3.63) is 28.7 Å². The lowest BCUT2D eigenvalue weighted by molar-refractivity contribution is -0.0981. The van der Waals surface area contributed by atoms with Crippen LogP contribution in [-0.2, 0) is 4.74 Å². The molecule has 2 rings (SSSR count). The van der Waals surface area contributed by atoms with Gasteiger partial charge in [0.25, 0.3) is 5.56 Å². The first-order valence-corrected chi connectivity index (χ1v) is 5.52. The third kappa shape index (κ3) is 1.91. The van der Waals surface area contributed by atoms with Gasteiger partial charge in [-0.2, -0.15) is 0 Å². The van der Waals surface area contributed by atoms with Crippen molar-refractivity contribution in [1.29, 1.82) is 0 Å². The number of aliphatic hydroxyl groups excluding tert-OH is 2. The summed E-state index contributed by atoms with van der Waals surface area (Å²) < 4.78 is 6.45. The van der Waals surface area contributed by atoms with Gasteiger partial charge in [0.1, 0.15) is 17.8 Å². The summed E-state index contributed by atoms with van der Waals surface area (Å²) in [6, 6.07) is 2.68. The minimum Gasteiger partial charge on any atom is -0.399 e. The smallest absolute Gasteiger partial charge is 0.254 e. The molecule has 4 atom stereocenters. The minimum atomic E-state index is -1.67. The number of nitrogen functional groups attached to an aromatic ring is 1. The highest BCUT2D eigenvalue weighted by Crippen LogP contribution is 2.37. The zero-order chi connectivity index (χ0) is 13.5. The van der Waals surface area contributed by atoms with Gasteiger partial charge in [-0.3, -0.25) is 9.36 Å². The summed E-state index contributed by atoms with van der Waals surface area (Å²) in [7, 11) is 0. The molecule has 100 valence electrons. The number of nitrogens with zero attached hydrogens (tertiary/aromatic N) is 1. The van der Waals surface area contributed by atoms with Crippen LogP contribution in [0.25, 0.3) is 0 Å². The summed E-state index contributed by atoms with van der Waals surface area (Å²) >= 11 is 0. The van der Waals surface area contributed by atoms with Crippen molar-refractivity contribution in [1.82, 2.24) is 4.57 Å². The summed E-state index contributed by atoms with van der Waals surface area (Å²) in [5.74, 6) is 0. The lowest BCUT2D eigenvalue weighted by Gasteiger charge is -2.27. The Morgan fingerprint density at radius 2 is 2.28 bits per heavy atom. The van der Waals surface area contributed by atoms with E-state index in [1.165, 1.54) is 25.3 Å². The van der Waals surface area contributed by atoms with E-state index in [9.17, 15) is 15.0 Å². The van der Waals surface area contributed by atoms with Gasteiger partial charge in [-0.15, -0.1) is 0 Å². The van der Waals surface area contributed by atoms with Crippen molar-refractivity contribution in [2.45, 2.75) is 31.0 Å². The van der Waals surface area contributed by atoms with Crippen molar-refractivity contribution >= 4 is 5.69 Å². The average Bonchev–Trinajstić information content (AvgIpc) is 2.52. The maximum atomic E-state index is 11.8. The molecule has 0 aromatic carbocycles. The summed E-state index contributed by atoms with van der Waals surface area (Å²) in [5.41, 5.74) is 3.64. The van der Waals surface area contributed by atoms with Crippen molar-refractivity contribution in [3.63, 3.8) is 0 Å². The number of aromatic nitrogens is 1. The van der Waals surface area contributed by atoms with E-state index in [-0.39, 0.29) is 0 Å². The van der Waals surface area contributed by atoms with Crippen molar-refractivity contribution < 1.29 is 20.1 Å². The molecule has 0 spiro atoms. The standard InChI is InChI=1S/C11H16N2O5/c1-11(17)9(16)7(5-14)18-10(11)13-3-2-6(12)4-8(13)15/h2-4,7,9-10,14,16-17H,5,12H2,1H3/t7-,9+,10-,11?/m1/s1. The molecule has 1 saturated heterocycles. The van der Waals surface area contributed by atoms with Crippen LogP contribution in [0.5, 0.6) is 0 Å². The van der Waals surface area contributed by atoms with Crippen molar-refractivity contribution in [2.75, 3.05) is 12.3 Å². The number of pyridine rings is 1. The zero-order valence-electron chi connectivity index (χ0n) is 9.85. The van der Waals surface area contributed by atoms with Gasteiger partial charge in [-0.05, 0) is 13.0 Å². The van der Waals surface area contributed by atoms with Gasteiger partial charge in [0.2, 0.25) is 0 Å². The van der Waals surface area contributed by atoms with E-state index in [1.54, 1.807) is 0 Å². The van der Waals surface area contributed by atoms with E-state index < -0.39 is 36.2 Å². The molecule has 1 aromatic heterocycles. The summed E-state index contributed by atoms with van der Waals surface area (Å²) in [6.45, 7) is 0.901. The van der Waals surface area contributed by atoms with E-state index in [2.05, 4.69) is 0 Å². The van der Waals surface area contributed by atoms with Crippen molar-refractivity contribution in [3.8, 4) is 0 Å². The van der Waals surface area contributed by atoms with Crippen LogP contribution < -0.4 is 11.3 Å². The van der Waals surface area contributed by atoms with Gasteiger partial charge in [0, 0.05) is 18.0 Å². The summed E-state index contributed by atoms with van der Waals surface area (Å²) in [4.78, 5) is 11.8. The van der Waals surface area contributed by atoms with Crippen LogP contribution in [0.2, 0.25) is 0 Å². The quantitative estimate of drug-likeness (QED) is 0.508. The Morgan fingerprint density at radius 1 is 1.61 bits per heavy atom. The number of hydrogen-bond donors (Lipinski definition) is 4. The second kappa shape index (κ2) is 4.36. The van der Waals surface area contributed by atoms with E-state index in [4.69, 9.17) is 15.6 Å². The van der Waals surface area contributed by atoms with Gasteiger partial charge in [-0.25, -0.2) is 0 Å². The van der Waals surface area contributed by atoms with Crippen LogP contribution in [0.3, 0.4) is 0 Å². The maximum Gasteiger partial charge on any atom is 0.254 e. The molecular formula is C11H16N2O5. The fraction of sp³-hybridized carbons (Fsp3) is 0.545. The normalized spacial score (nSPS) is 35.9. The lowest BCUT2D eigenvalue weighted by atomic mass is 9.96. The Balaban J connectivity index is 2.42. The first-order chi connectivity index (χ1) is 8.37. The van der Waals surface area contributed by atoms with E-state index in [0.29, 0.717) is 5.69 Å². The number of hydrogen-bond acceptors (Lipinski definition) is 6. The Morgan fingerprint density at radius 3 is 2.78 bits per heavy atom. The molecule has 0 radical (unpaired) electrons. The molecule has 7 heteroatoms. The molecule has 5 N–H and O–H groups in total. The third-order valence-electron chi connectivity index (χ3n) is 3.16. The molecule has 0 saturated carbocycles. The van der Waals surface area contributed by atoms with Crippen LogP contribution >= 0.6 is 0 Å². The van der Waals surface area contributed by atoms with Crippen LogP contribution in [0, 0.1) is 0 Å². The van der Waals surface area contributed by atoms with Crippen LogP contribution in [0.15, 0.2) is 23.1 Å². The highest BCUT2D eigenvalue weighted by molar-refractivity contribution is 5.34. The highest BCUT2D eigenvalue weighted by atomic mass is 16.6. The molecule has 18 heavy (non-hydrogen) atoms. The third-order valence-corrected chi connectivity index (χ3v) is 3.16. The van der Waals surface area contributed by atoms with Crippen molar-refractivity contribution in [2.24, 2.45) is 0 Å². The number of anilines is 1. The topological polar surface area (TPSA) is 118 Å². The number of aliphatic hydroxyl groups is 3.